The maximum atomic E-state index is 12.1. The monoisotopic (exact) mass is 294 g/mol. The van der Waals surface area contributed by atoms with Crippen LogP contribution in [0, 0.1) is 0 Å². The molecule has 1 rings (SSSR count). The largest absolute Gasteiger partial charge is 0.465 e. The molecule has 0 spiro atoms. The molecular formula is C16H26N2O3. The van der Waals surface area contributed by atoms with Gasteiger partial charge in [0.15, 0.2) is 0 Å². The molecule has 1 aromatic carbocycles. The molecule has 0 amide bonds. The summed E-state index contributed by atoms with van der Waals surface area (Å²) in [5, 5.41) is 13.5. The van der Waals surface area contributed by atoms with Crippen molar-refractivity contribution < 1.29 is 14.6 Å². The molecule has 0 aliphatic rings. The summed E-state index contributed by atoms with van der Waals surface area (Å²) in [5.74, 6) is -0.329. The second kappa shape index (κ2) is 8.12. The Balaban J connectivity index is 2.77. The molecule has 0 saturated heterocycles. The highest BCUT2D eigenvalue weighted by atomic mass is 16.5. The molecule has 118 valence electrons. The van der Waals surface area contributed by atoms with Crippen LogP contribution in [0.5, 0.6) is 0 Å². The van der Waals surface area contributed by atoms with Crippen molar-refractivity contribution in [3.05, 3.63) is 35.9 Å². The summed E-state index contributed by atoms with van der Waals surface area (Å²) in [5.41, 5.74) is -0.0974. The Hall–Kier alpha value is -1.43. The SMILES string of the molecule is CCOC(=O)C(NCC(C)(O)CN(C)C)c1ccccc1. The molecule has 2 N–H and O–H groups in total. The summed E-state index contributed by atoms with van der Waals surface area (Å²) in [7, 11) is 3.79. The van der Waals surface area contributed by atoms with Gasteiger partial charge in [0.25, 0.3) is 0 Å². The minimum atomic E-state index is -0.928. The highest BCUT2D eigenvalue weighted by Crippen LogP contribution is 2.16. The van der Waals surface area contributed by atoms with Gasteiger partial charge >= 0.3 is 5.97 Å². The lowest BCUT2D eigenvalue weighted by atomic mass is 10.0. The first-order valence-corrected chi connectivity index (χ1v) is 7.18. The number of benzene rings is 1. The summed E-state index contributed by atoms with van der Waals surface area (Å²) in [6.07, 6.45) is 0. The van der Waals surface area contributed by atoms with Gasteiger partial charge in [-0.3, -0.25) is 5.32 Å². The highest BCUT2D eigenvalue weighted by Gasteiger charge is 2.27. The molecule has 0 aromatic heterocycles. The smallest absolute Gasteiger partial charge is 0.327 e. The van der Waals surface area contributed by atoms with Crippen LogP contribution in [0.25, 0.3) is 0 Å². The molecule has 21 heavy (non-hydrogen) atoms. The summed E-state index contributed by atoms with van der Waals surface area (Å²) >= 11 is 0. The van der Waals surface area contributed by atoms with Crippen molar-refractivity contribution in [3.63, 3.8) is 0 Å². The second-order valence-corrected chi connectivity index (χ2v) is 5.71. The Morgan fingerprint density at radius 2 is 2.00 bits per heavy atom. The predicted octanol–water partition coefficient (Wildman–Crippen LogP) is 1.19. The molecule has 0 heterocycles. The van der Waals surface area contributed by atoms with Crippen LogP contribution in [-0.4, -0.2) is 55.4 Å². The lowest BCUT2D eigenvalue weighted by Gasteiger charge is -2.29. The number of nitrogens with zero attached hydrogens (tertiary/aromatic N) is 1. The van der Waals surface area contributed by atoms with Gasteiger partial charge in [0.2, 0.25) is 0 Å². The molecular weight excluding hydrogens is 268 g/mol. The maximum Gasteiger partial charge on any atom is 0.327 e. The van der Waals surface area contributed by atoms with Crippen LogP contribution in [0.15, 0.2) is 30.3 Å². The van der Waals surface area contributed by atoms with Crippen LogP contribution in [0.1, 0.15) is 25.5 Å². The third-order valence-corrected chi connectivity index (χ3v) is 3.00. The number of nitrogens with one attached hydrogen (secondary N) is 1. The second-order valence-electron chi connectivity index (χ2n) is 5.71. The number of carbonyl (C=O) groups excluding carboxylic acids is 1. The summed E-state index contributed by atoms with van der Waals surface area (Å²) < 4.78 is 5.11. The van der Waals surface area contributed by atoms with E-state index in [0.717, 1.165) is 5.56 Å². The first-order valence-electron chi connectivity index (χ1n) is 7.18. The number of hydrogen-bond acceptors (Lipinski definition) is 5. The Morgan fingerprint density at radius 3 is 2.52 bits per heavy atom. The van der Waals surface area contributed by atoms with E-state index in [9.17, 15) is 9.90 Å². The fourth-order valence-electron chi connectivity index (χ4n) is 2.27. The number of carbonyl (C=O) groups is 1. The summed E-state index contributed by atoms with van der Waals surface area (Å²) in [4.78, 5) is 14.0. The lowest BCUT2D eigenvalue weighted by Crippen LogP contribution is -2.47. The number of esters is 1. The third kappa shape index (κ3) is 6.25. The number of rotatable bonds is 8. The van der Waals surface area contributed by atoms with Crippen LogP contribution < -0.4 is 5.32 Å². The Bertz CT molecular complexity index is 432. The van der Waals surface area contributed by atoms with E-state index < -0.39 is 11.6 Å². The molecule has 0 bridgehead atoms. The first-order chi connectivity index (χ1) is 9.85. The van der Waals surface area contributed by atoms with Crippen LogP contribution in [0.3, 0.4) is 0 Å². The van der Waals surface area contributed by atoms with Gasteiger partial charge in [0, 0.05) is 13.1 Å². The van der Waals surface area contributed by atoms with Crippen molar-refractivity contribution in [1.29, 1.82) is 0 Å². The molecule has 5 heteroatoms. The zero-order chi connectivity index (χ0) is 15.9. The van der Waals surface area contributed by atoms with Crippen molar-refractivity contribution >= 4 is 5.97 Å². The van der Waals surface area contributed by atoms with E-state index >= 15 is 0 Å². The van der Waals surface area contributed by atoms with Gasteiger partial charge < -0.3 is 14.7 Å². The highest BCUT2D eigenvalue weighted by molar-refractivity contribution is 5.77. The number of aliphatic hydroxyl groups is 1. The third-order valence-electron chi connectivity index (χ3n) is 3.00. The van der Waals surface area contributed by atoms with Crippen molar-refractivity contribution in [3.8, 4) is 0 Å². The molecule has 1 aromatic rings. The number of likely N-dealkylation sites (N-methyl/N-ethyl adjacent to an activating group) is 1. The average molecular weight is 294 g/mol. The van der Waals surface area contributed by atoms with Gasteiger partial charge in [-0.05, 0) is 33.5 Å². The molecule has 2 unspecified atom stereocenters. The van der Waals surface area contributed by atoms with E-state index in [1.54, 1.807) is 13.8 Å². The number of ether oxygens (including phenoxy) is 1. The minimum Gasteiger partial charge on any atom is -0.465 e. The standard InChI is InChI=1S/C16H26N2O3/c1-5-21-15(19)14(13-9-7-6-8-10-13)17-11-16(2,20)12-18(3)4/h6-10,14,17,20H,5,11-12H2,1-4H3. The fourth-order valence-corrected chi connectivity index (χ4v) is 2.27. The van der Waals surface area contributed by atoms with Crippen molar-refractivity contribution in [2.75, 3.05) is 33.8 Å². The average Bonchev–Trinajstić information content (AvgIpc) is 2.38. The molecule has 0 aliphatic heterocycles. The fraction of sp³-hybridized carbons (Fsp3) is 0.562. The maximum absolute atomic E-state index is 12.1. The quantitative estimate of drug-likeness (QED) is 0.705. The Kier molecular flexibility index (Phi) is 6.81. The van der Waals surface area contributed by atoms with E-state index in [-0.39, 0.29) is 5.97 Å². The first kappa shape index (κ1) is 17.6. The van der Waals surface area contributed by atoms with Gasteiger partial charge in [-0.2, -0.15) is 0 Å². The van der Waals surface area contributed by atoms with Crippen LogP contribution in [-0.2, 0) is 9.53 Å². The van der Waals surface area contributed by atoms with Crippen LogP contribution in [0.4, 0.5) is 0 Å². The summed E-state index contributed by atoms with van der Waals surface area (Å²) in [6, 6.07) is 8.82. The van der Waals surface area contributed by atoms with Crippen LogP contribution in [0.2, 0.25) is 0 Å². The molecule has 0 fully saturated rings. The van der Waals surface area contributed by atoms with Gasteiger partial charge in [-0.15, -0.1) is 0 Å². The molecule has 0 aliphatic carbocycles. The minimum absolute atomic E-state index is 0.295. The molecule has 0 saturated carbocycles. The summed E-state index contributed by atoms with van der Waals surface area (Å²) in [6.45, 7) is 4.65. The van der Waals surface area contributed by atoms with Gasteiger partial charge in [0.05, 0.1) is 12.2 Å². The van der Waals surface area contributed by atoms with E-state index in [1.165, 1.54) is 0 Å². The predicted molar refractivity (Wildman–Crippen MR) is 83.0 cm³/mol. The molecule has 2 atom stereocenters. The zero-order valence-electron chi connectivity index (χ0n) is 13.3. The van der Waals surface area contributed by atoms with Crippen molar-refractivity contribution in [2.45, 2.75) is 25.5 Å². The van der Waals surface area contributed by atoms with E-state index in [1.807, 2.05) is 49.3 Å². The van der Waals surface area contributed by atoms with Crippen molar-refractivity contribution in [2.24, 2.45) is 0 Å². The van der Waals surface area contributed by atoms with E-state index in [2.05, 4.69) is 5.32 Å². The van der Waals surface area contributed by atoms with Crippen molar-refractivity contribution in [1.82, 2.24) is 10.2 Å². The van der Waals surface area contributed by atoms with Gasteiger partial charge in [-0.25, -0.2) is 4.79 Å². The molecule has 0 radical (unpaired) electrons. The zero-order valence-corrected chi connectivity index (χ0v) is 13.3. The van der Waals surface area contributed by atoms with E-state index in [4.69, 9.17) is 4.74 Å². The van der Waals surface area contributed by atoms with E-state index in [0.29, 0.717) is 19.7 Å². The number of hydrogen-bond donors (Lipinski definition) is 2. The molecule has 5 nitrogen and oxygen atoms in total. The Labute approximate surface area is 126 Å². The van der Waals surface area contributed by atoms with Gasteiger partial charge in [-0.1, -0.05) is 30.3 Å². The topological polar surface area (TPSA) is 61.8 Å². The van der Waals surface area contributed by atoms with Gasteiger partial charge in [0.1, 0.15) is 6.04 Å². The van der Waals surface area contributed by atoms with Crippen LogP contribution >= 0.6 is 0 Å². The lowest BCUT2D eigenvalue weighted by molar-refractivity contribution is -0.146. The Morgan fingerprint density at radius 1 is 1.38 bits per heavy atom. The normalized spacial score (nSPS) is 15.5.